The molecule has 1 heterocycles. The van der Waals surface area contributed by atoms with Gasteiger partial charge in [0.25, 0.3) is 0 Å². The van der Waals surface area contributed by atoms with Crippen LogP contribution in [-0.2, 0) is 16.9 Å². The maximum atomic E-state index is 12.0. The number of para-hydroxylation sites is 1. The minimum absolute atomic E-state index is 0.469. The quantitative estimate of drug-likeness (QED) is 0.798. The first-order valence-electron chi connectivity index (χ1n) is 5.50. The Morgan fingerprint density at radius 2 is 2.24 bits per heavy atom. The number of nitrogens with one attached hydrogen (secondary N) is 2. The molecule has 0 spiro atoms. The standard InChI is InChI=1S/C12H15N3OS/c1-2-13-11-6-4-3-5-10(11)9-17(16)12-14-7-8-15-12/h3-8,13H,2,9H2,1H3,(H,14,15). The summed E-state index contributed by atoms with van der Waals surface area (Å²) in [5, 5.41) is 3.79. The monoisotopic (exact) mass is 249 g/mol. The molecule has 0 amide bonds. The Balaban J connectivity index is 2.12. The molecule has 0 saturated heterocycles. The van der Waals surface area contributed by atoms with Gasteiger partial charge in [-0.1, -0.05) is 18.2 Å². The highest BCUT2D eigenvalue weighted by molar-refractivity contribution is 7.90. The van der Waals surface area contributed by atoms with Crippen molar-refractivity contribution in [3.63, 3.8) is 0 Å². The summed E-state index contributed by atoms with van der Waals surface area (Å²) in [6.07, 6.45) is 3.30. The summed E-state index contributed by atoms with van der Waals surface area (Å²) in [5.41, 5.74) is 2.08. The van der Waals surface area contributed by atoms with Crippen molar-refractivity contribution >= 4 is 16.9 Å². The maximum absolute atomic E-state index is 12.0. The third-order valence-corrected chi connectivity index (χ3v) is 3.59. The van der Waals surface area contributed by atoms with Crippen LogP contribution in [0.3, 0.4) is 0 Å². The molecule has 0 bridgehead atoms. The molecule has 0 aliphatic rings. The zero-order valence-electron chi connectivity index (χ0n) is 9.64. The maximum Gasteiger partial charge on any atom is 0.320 e. The molecule has 1 atom stereocenters. The van der Waals surface area contributed by atoms with Crippen LogP contribution in [0.4, 0.5) is 5.69 Å². The van der Waals surface area contributed by atoms with Gasteiger partial charge in [-0.2, -0.15) is 4.98 Å². The van der Waals surface area contributed by atoms with Crippen molar-refractivity contribution in [2.75, 3.05) is 11.9 Å². The van der Waals surface area contributed by atoms with Crippen LogP contribution < -0.4 is 5.32 Å². The molecule has 0 saturated carbocycles. The molecular weight excluding hydrogens is 234 g/mol. The predicted octanol–water partition coefficient (Wildman–Crippen LogP) is 2.15. The molecule has 5 heteroatoms. The van der Waals surface area contributed by atoms with Gasteiger partial charge in [0.05, 0.1) is 0 Å². The van der Waals surface area contributed by atoms with Gasteiger partial charge in [0.2, 0.25) is 0 Å². The Morgan fingerprint density at radius 3 is 2.94 bits per heavy atom. The van der Waals surface area contributed by atoms with Gasteiger partial charge >= 0.3 is 5.16 Å². The van der Waals surface area contributed by atoms with E-state index in [-0.39, 0.29) is 0 Å². The van der Waals surface area contributed by atoms with E-state index in [1.54, 1.807) is 12.4 Å². The Morgan fingerprint density at radius 1 is 1.41 bits per heavy atom. The first-order valence-corrected chi connectivity index (χ1v) is 6.82. The fourth-order valence-corrected chi connectivity index (χ4v) is 2.64. The van der Waals surface area contributed by atoms with Crippen molar-refractivity contribution in [2.24, 2.45) is 0 Å². The molecule has 2 aromatic rings. The number of hydrogen-bond acceptors (Lipinski definition) is 3. The average Bonchev–Trinajstić information content (AvgIpc) is 2.85. The fraction of sp³-hybridized carbons (Fsp3) is 0.250. The van der Waals surface area contributed by atoms with E-state index < -0.39 is 11.2 Å². The molecule has 2 N–H and O–H groups in total. The van der Waals surface area contributed by atoms with E-state index in [4.69, 9.17) is 0 Å². The second-order valence-corrected chi connectivity index (χ2v) is 4.94. The lowest BCUT2D eigenvalue weighted by Crippen LogP contribution is -2.09. The lowest BCUT2D eigenvalue weighted by atomic mass is 10.2. The van der Waals surface area contributed by atoms with Gasteiger partial charge in [-0.15, -0.1) is 0 Å². The molecule has 0 aliphatic heterocycles. The van der Waals surface area contributed by atoms with Gasteiger partial charge < -0.3 is 14.9 Å². The zero-order valence-corrected chi connectivity index (χ0v) is 10.5. The van der Waals surface area contributed by atoms with Crippen LogP contribution in [0.2, 0.25) is 0 Å². The fourth-order valence-electron chi connectivity index (χ4n) is 1.59. The SMILES string of the molecule is CCNc1ccccc1C[S+]([O-])c1ncc[nH]1. The third kappa shape index (κ3) is 3.01. The topological polar surface area (TPSA) is 63.8 Å². The summed E-state index contributed by atoms with van der Waals surface area (Å²) in [7, 11) is 0. The summed E-state index contributed by atoms with van der Waals surface area (Å²) < 4.78 is 12.0. The second-order valence-electron chi connectivity index (χ2n) is 3.57. The summed E-state index contributed by atoms with van der Waals surface area (Å²) in [6.45, 7) is 2.89. The highest BCUT2D eigenvalue weighted by Crippen LogP contribution is 2.20. The van der Waals surface area contributed by atoms with E-state index in [1.165, 1.54) is 0 Å². The molecule has 0 radical (unpaired) electrons. The lowest BCUT2D eigenvalue weighted by Gasteiger charge is -2.12. The van der Waals surface area contributed by atoms with E-state index in [2.05, 4.69) is 15.3 Å². The lowest BCUT2D eigenvalue weighted by molar-refractivity contribution is 0.587. The van der Waals surface area contributed by atoms with E-state index in [9.17, 15) is 4.55 Å². The Bertz CT molecular complexity index is 459. The van der Waals surface area contributed by atoms with Gasteiger partial charge in [-0.25, -0.2) is 0 Å². The van der Waals surface area contributed by atoms with E-state index in [0.29, 0.717) is 10.9 Å². The number of aromatic amines is 1. The van der Waals surface area contributed by atoms with Crippen molar-refractivity contribution in [1.29, 1.82) is 0 Å². The smallest absolute Gasteiger partial charge is 0.320 e. The van der Waals surface area contributed by atoms with E-state index in [1.807, 2.05) is 31.2 Å². The summed E-state index contributed by atoms with van der Waals surface area (Å²) >= 11 is -1.12. The number of anilines is 1. The third-order valence-electron chi connectivity index (χ3n) is 2.36. The first-order chi connectivity index (χ1) is 8.31. The van der Waals surface area contributed by atoms with Crippen LogP contribution in [0, 0.1) is 0 Å². The van der Waals surface area contributed by atoms with E-state index in [0.717, 1.165) is 17.8 Å². The van der Waals surface area contributed by atoms with Crippen LogP contribution in [0.5, 0.6) is 0 Å². The molecule has 90 valence electrons. The minimum Gasteiger partial charge on any atom is -0.609 e. The average molecular weight is 249 g/mol. The Labute approximate surface area is 104 Å². The van der Waals surface area contributed by atoms with Crippen LogP contribution in [0.15, 0.2) is 41.8 Å². The van der Waals surface area contributed by atoms with Gasteiger partial charge in [0.1, 0.15) is 5.75 Å². The predicted molar refractivity (Wildman–Crippen MR) is 69.3 cm³/mol. The molecule has 4 nitrogen and oxygen atoms in total. The van der Waals surface area contributed by atoms with Gasteiger partial charge in [-0.05, 0) is 13.0 Å². The zero-order chi connectivity index (χ0) is 12.1. The molecule has 0 fully saturated rings. The van der Waals surface area contributed by atoms with Crippen molar-refractivity contribution in [3.05, 3.63) is 42.2 Å². The summed E-state index contributed by atoms with van der Waals surface area (Å²) in [6, 6.07) is 7.91. The Hall–Kier alpha value is -1.46. The van der Waals surface area contributed by atoms with Crippen molar-refractivity contribution < 1.29 is 4.55 Å². The molecular formula is C12H15N3OS. The number of rotatable bonds is 5. The number of H-pyrrole nitrogens is 1. The number of hydrogen-bond donors (Lipinski definition) is 2. The van der Waals surface area contributed by atoms with Crippen molar-refractivity contribution in [1.82, 2.24) is 9.97 Å². The molecule has 17 heavy (non-hydrogen) atoms. The van der Waals surface area contributed by atoms with Crippen LogP contribution in [-0.4, -0.2) is 21.1 Å². The normalized spacial score (nSPS) is 12.4. The van der Waals surface area contributed by atoms with Gasteiger partial charge in [0, 0.05) is 41.4 Å². The molecule has 1 unspecified atom stereocenters. The molecule has 2 rings (SSSR count). The van der Waals surface area contributed by atoms with Crippen LogP contribution in [0.25, 0.3) is 0 Å². The van der Waals surface area contributed by atoms with Crippen molar-refractivity contribution in [3.8, 4) is 0 Å². The minimum atomic E-state index is -1.12. The van der Waals surface area contributed by atoms with E-state index >= 15 is 0 Å². The summed E-state index contributed by atoms with van der Waals surface area (Å²) in [5.74, 6) is 0.469. The molecule has 0 aliphatic carbocycles. The number of nitrogens with zero attached hydrogens (tertiary/aromatic N) is 1. The highest BCUT2D eigenvalue weighted by Gasteiger charge is 2.16. The molecule has 1 aromatic carbocycles. The largest absolute Gasteiger partial charge is 0.609 e. The van der Waals surface area contributed by atoms with Crippen LogP contribution in [0.1, 0.15) is 12.5 Å². The number of imidazole rings is 1. The number of aromatic nitrogens is 2. The van der Waals surface area contributed by atoms with Crippen LogP contribution >= 0.6 is 0 Å². The highest BCUT2D eigenvalue weighted by atomic mass is 32.2. The molecule has 1 aromatic heterocycles. The first kappa shape index (κ1) is 12.0. The second kappa shape index (κ2) is 5.75. The summed E-state index contributed by atoms with van der Waals surface area (Å²) in [4.78, 5) is 6.89. The van der Waals surface area contributed by atoms with Crippen molar-refractivity contribution in [2.45, 2.75) is 17.8 Å². The Kier molecular flexibility index (Phi) is 4.06. The van der Waals surface area contributed by atoms with Gasteiger partial charge in [-0.3, -0.25) is 0 Å². The van der Waals surface area contributed by atoms with Gasteiger partial charge in [0.15, 0.2) is 0 Å². The number of benzene rings is 1.